The van der Waals surface area contributed by atoms with Gasteiger partial charge in [0, 0.05) is 13.0 Å². The maximum atomic E-state index is 12.2. The number of rotatable bonds is 5. The molecular formula is C12H21N3O5. The molecule has 8 nitrogen and oxygen atoms in total. The third-order valence-electron chi connectivity index (χ3n) is 3.17. The Morgan fingerprint density at radius 2 is 2.10 bits per heavy atom. The molecule has 4 N–H and O–H groups in total. The number of morpholine rings is 1. The smallest absolute Gasteiger partial charge is 0.326 e. The van der Waals surface area contributed by atoms with Crippen molar-refractivity contribution in [1.82, 2.24) is 10.2 Å². The Morgan fingerprint density at radius 3 is 2.60 bits per heavy atom. The van der Waals surface area contributed by atoms with E-state index in [4.69, 9.17) is 15.6 Å². The Morgan fingerprint density at radius 1 is 1.45 bits per heavy atom. The van der Waals surface area contributed by atoms with E-state index in [1.165, 1.54) is 4.90 Å². The standard InChI is InChI=1S/C12H21N3O5/c1-12(2)7-20-6-5-15(12)11(19)14-8(10(17)18)3-4-9(13)16/h8H,3-7H2,1-2H3,(H2,13,16)(H,14,19)(H,17,18)/t8-/m1/s1. The molecule has 1 heterocycles. The van der Waals surface area contributed by atoms with E-state index in [9.17, 15) is 14.4 Å². The maximum absolute atomic E-state index is 12.2. The summed E-state index contributed by atoms with van der Waals surface area (Å²) < 4.78 is 5.30. The predicted molar refractivity (Wildman–Crippen MR) is 70.0 cm³/mol. The van der Waals surface area contributed by atoms with Crippen LogP contribution in [0.15, 0.2) is 0 Å². The summed E-state index contributed by atoms with van der Waals surface area (Å²) in [5.74, 6) is -1.79. The van der Waals surface area contributed by atoms with Crippen molar-refractivity contribution in [3.8, 4) is 0 Å². The van der Waals surface area contributed by atoms with Crippen LogP contribution in [0, 0.1) is 0 Å². The summed E-state index contributed by atoms with van der Waals surface area (Å²) in [5.41, 5.74) is 4.48. The molecule has 0 aromatic heterocycles. The number of hydrogen-bond acceptors (Lipinski definition) is 4. The first-order valence-electron chi connectivity index (χ1n) is 6.41. The highest BCUT2D eigenvalue weighted by atomic mass is 16.5. The number of amides is 3. The first kappa shape index (κ1) is 16.2. The molecule has 1 fully saturated rings. The molecule has 0 spiro atoms. The molecule has 8 heteroatoms. The van der Waals surface area contributed by atoms with Crippen LogP contribution in [0.5, 0.6) is 0 Å². The summed E-state index contributed by atoms with van der Waals surface area (Å²) in [4.78, 5) is 35.5. The van der Waals surface area contributed by atoms with Crippen molar-refractivity contribution in [1.29, 1.82) is 0 Å². The molecule has 1 saturated heterocycles. The number of nitrogens with one attached hydrogen (secondary N) is 1. The van der Waals surface area contributed by atoms with Crippen molar-refractivity contribution in [3.63, 3.8) is 0 Å². The summed E-state index contributed by atoms with van der Waals surface area (Å²) >= 11 is 0. The number of nitrogens with two attached hydrogens (primary N) is 1. The van der Waals surface area contributed by atoms with E-state index >= 15 is 0 Å². The zero-order chi connectivity index (χ0) is 15.3. The van der Waals surface area contributed by atoms with Gasteiger partial charge in [0.25, 0.3) is 0 Å². The molecule has 0 aromatic carbocycles. The van der Waals surface area contributed by atoms with Crippen molar-refractivity contribution in [2.24, 2.45) is 5.73 Å². The minimum absolute atomic E-state index is 0.0266. The van der Waals surface area contributed by atoms with Gasteiger partial charge in [0.1, 0.15) is 6.04 Å². The summed E-state index contributed by atoms with van der Waals surface area (Å²) in [6, 6.07) is -1.61. The minimum atomic E-state index is -1.19. The van der Waals surface area contributed by atoms with E-state index < -0.39 is 29.5 Å². The molecule has 0 saturated carbocycles. The number of hydrogen-bond donors (Lipinski definition) is 3. The molecule has 0 bridgehead atoms. The summed E-state index contributed by atoms with van der Waals surface area (Å²) in [7, 11) is 0. The normalized spacial score (nSPS) is 19.2. The molecule has 1 atom stereocenters. The highest BCUT2D eigenvalue weighted by molar-refractivity contribution is 5.83. The topological polar surface area (TPSA) is 122 Å². The van der Waals surface area contributed by atoms with Gasteiger partial charge in [-0.2, -0.15) is 0 Å². The molecule has 0 radical (unpaired) electrons. The fourth-order valence-corrected chi connectivity index (χ4v) is 2.01. The number of carboxylic acids is 1. The predicted octanol–water partition coefficient (Wildman–Crippen LogP) is -0.474. The molecular weight excluding hydrogens is 266 g/mol. The lowest BCUT2D eigenvalue weighted by Crippen LogP contribution is -2.60. The third-order valence-corrected chi connectivity index (χ3v) is 3.17. The Kier molecular flexibility index (Phi) is 5.32. The van der Waals surface area contributed by atoms with Gasteiger partial charge in [-0.15, -0.1) is 0 Å². The molecule has 1 aliphatic rings. The number of aliphatic carboxylic acids is 1. The van der Waals surface area contributed by atoms with Crippen LogP contribution in [-0.4, -0.2) is 59.3 Å². The van der Waals surface area contributed by atoms with Gasteiger partial charge >= 0.3 is 12.0 Å². The first-order chi connectivity index (χ1) is 9.24. The van der Waals surface area contributed by atoms with Crippen molar-refractivity contribution in [2.75, 3.05) is 19.8 Å². The SMILES string of the molecule is CC1(C)COCCN1C(=O)N[C@H](CCC(N)=O)C(=O)O. The number of carbonyl (C=O) groups excluding carboxylic acids is 2. The monoisotopic (exact) mass is 287 g/mol. The van der Waals surface area contributed by atoms with E-state index in [1.807, 2.05) is 13.8 Å². The van der Waals surface area contributed by atoms with Gasteiger partial charge in [-0.05, 0) is 20.3 Å². The second kappa shape index (κ2) is 6.56. The van der Waals surface area contributed by atoms with Gasteiger partial charge in [0.15, 0.2) is 0 Å². The highest BCUT2D eigenvalue weighted by Gasteiger charge is 2.35. The van der Waals surface area contributed by atoms with Crippen molar-refractivity contribution >= 4 is 17.9 Å². The van der Waals surface area contributed by atoms with Crippen LogP contribution in [0.4, 0.5) is 4.79 Å². The fraction of sp³-hybridized carbons (Fsp3) is 0.750. The van der Waals surface area contributed by atoms with E-state index in [0.717, 1.165) is 0 Å². The van der Waals surface area contributed by atoms with E-state index in [-0.39, 0.29) is 12.8 Å². The number of urea groups is 1. The van der Waals surface area contributed by atoms with Gasteiger partial charge in [0.2, 0.25) is 5.91 Å². The van der Waals surface area contributed by atoms with Gasteiger partial charge in [-0.25, -0.2) is 9.59 Å². The second-order valence-corrected chi connectivity index (χ2v) is 5.36. The lowest BCUT2D eigenvalue weighted by atomic mass is 10.0. The van der Waals surface area contributed by atoms with Crippen LogP contribution in [0.1, 0.15) is 26.7 Å². The zero-order valence-electron chi connectivity index (χ0n) is 11.7. The highest BCUT2D eigenvalue weighted by Crippen LogP contribution is 2.19. The Hall–Kier alpha value is -1.83. The van der Waals surface area contributed by atoms with Crippen LogP contribution < -0.4 is 11.1 Å². The van der Waals surface area contributed by atoms with Crippen LogP contribution >= 0.6 is 0 Å². The average Bonchev–Trinajstić information content (AvgIpc) is 2.32. The Labute approximate surface area is 117 Å². The first-order valence-corrected chi connectivity index (χ1v) is 6.41. The lowest BCUT2D eigenvalue weighted by Gasteiger charge is -2.42. The van der Waals surface area contributed by atoms with E-state index in [1.54, 1.807) is 0 Å². The Bertz CT molecular complexity index is 397. The molecule has 0 aromatic rings. The van der Waals surface area contributed by atoms with Crippen LogP contribution in [0.3, 0.4) is 0 Å². The zero-order valence-corrected chi connectivity index (χ0v) is 11.7. The quantitative estimate of drug-likeness (QED) is 0.630. The van der Waals surface area contributed by atoms with Gasteiger partial charge in [-0.3, -0.25) is 4.79 Å². The molecule has 20 heavy (non-hydrogen) atoms. The van der Waals surface area contributed by atoms with Crippen LogP contribution in [0.2, 0.25) is 0 Å². The van der Waals surface area contributed by atoms with Gasteiger partial charge in [-0.1, -0.05) is 0 Å². The van der Waals surface area contributed by atoms with Gasteiger partial charge in [0.05, 0.1) is 18.8 Å². The van der Waals surface area contributed by atoms with E-state index in [0.29, 0.717) is 19.8 Å². The molecule has 0 aliphatic carbocycles. The summed E-state index contributed by atoms with van der Waals surface area (Å²) in [5, 5.41) is 11.5. The van der Waals surface area contributed by atoms with Crippen molar-refractivity contribution in [2.45, 2.75) is 38.3 Å². The molecule has 1 aliphatic heterocycles. The van der Waals surface area contributed by atoms with Crippen molar-refractivity contribution < 1.29 is 24.2 Å². The molecule has 3 amide bonds. The summed E-state index contributed by atoms with van der Waals surface area (Å²) in [6.07, 6.45) is -0.120. The number of nitrogens with zero attached hydrogens (tertiary/aromatic N) is 1. The Balaban J connectivity index is 2.65. The molecule has 0 unspecified atom stereocenters. The minimum Gasteiger partial charge on any atom is -0.480 e. The second-order valence-electron chi connectivity index (χ2n) is 5.36. The number of carbonyl (C=O) groups is 3. The number of ether oxygens (including phenoxy) is 1. The number of carboxylic acid groups (broad SMARTS) is 1. The maximum Gasteiger partial charge on any atom is 0.326 e. The lowest BCUT2D eigenvalue weighted by molar-refractivity contribution is -0.139. The number of primary amides is 1. The largest absolute Gasteiger partial charge is 0.480 e. The fourth-order valence-electron chi connectivity index (χ4n) is 2.01. The van der Waals surface area contributed by atoms with Crippen LogP contribution in [0.25, 0.3) is 0 Å². The van der Waals surface area contributed by atoms with Crippen LogP contribution in [-0.2, 0) is 14.3 Å². The third kappa shape index (κ3) is 4.37. The average molecular weight is 287 g/mol. The van der Waals surface area contributed by atoms with E-state index in [2.05, 4.69) is 5.32 Å². The van der Waals surface area contributed by atoms with Gasteiger partial charge < -0.3 is 25.8 Å². The summed E-state index contributed by atoms with van der Waals surface area (Å²) in [6.45, 7) is 4.87. The molecule has 1 rings (SSSR count). The molecule has 114 valence electrons. The van der Waals surface area contributed by atoms with Crippen molar-refractivity contribution in [3.05, 3.63) is 0 Å².